The van der Waals surface area contributed by atoms with Crippen LogP contribution in [0.4, 0.5) is 4.39 Å². The molecule has 0 saturated heterocycles. The van der Waals surface area contributed by atoms with Gasteiger partial charge >= 0.3 is 5.97 Å². The zero-order valence-corrected chi connectivity index (χ0v) is 13.2. The molecule has 6 heteroatoms. The first-order valence-electron chi connectivity index (χ1n) is 7.04. The summed E-state index contributed by atoms with van der Waals surface area (Å²) in [6, 6.07) is 2.69. The van der Waals surface area contributed by atoms with Gasteiger partial charge in [-0.15, -0.1) is 0 Å². The van der Waals surface area contributed by atoms with Crippen LogP contribution in [-0.4, -0.2) is 29.9 Å². The molecule has 1 aliphatic rings. The van der Waals surface area contributed by atoms with Crippen molar-refractivity contribution in [2.45, 2.75) is 32.7 Å². The minimum atomic E-state index is -0.692. The number of carbonyl (C=O) groups is 1. The Balaban J connectivity index is 2.47. The van der Waals surface area contributed by atoms with Crippen LogP contribution in [0.2, 0.25) is 5.02 Å². The van der Waals surface area contributed by atoms with Crippen LogP contribution in [0.1, 0.15) is 30.9 Å². The van der Waals surface area contributed by atoms with E-state index in [4.69, 9.17) is 16.3 Å². The molecule has 2 rings (SSSR count). The summed E-state index contributed by atoms with van der Waals surface area (Å²) in [7, 11) is 0. The minimum Gasteiger partial charge on any atom is -0.506 e. The molecular weight excluding hydrogens is 309 g/mol. The lowest BCUT2D eigenvalue weighted by Gasteiger charge is -2.10. The molecule has 1 aliphatic carbocycles. The Hall–Kier alpha value is -1.88. The molecule has 1 fully saturated rings. The summed E-state index contributed by atoms with van der Waals surface area (Å²) >= 11 is 6.06. The number of ether oxygens (including phenoxy) is 1. The molecule has 0 spiro atoms. The summed E-state index contributed by atoms with van der Waals surface area (Å²) in [4.78, 5) is 16.2. The Morgan fingerprint density at radius 3 is 2.82 bits per heavy atom. The van der Waals surface area contributed by atoms with E-state index >= 15 is 0 Å². The smallest absolute Gasteiger partial charge is 0.343 e. The second-order valence-electron chi connectivity index (χ2n) is 5.03. The van der Waals surface area contributed by atoms with Crippen LogP contribution in [0.25, 0.3) is 5.76 Å². The Morgan fingerprint density at radius 1 is 1.55 bits per heavy atom. The van der Waals surface area contributed by atoms with Gasteiger partial charge in [0.2, 0.25) is 0 Å². The SMILES string of the molecule is CCOC(=O)/C(C=NC1CC1)=C(/O)c1ccc(F)c(C)c1Cl. The maximum Gasteiger partial charge on any atom is 0.343 e. The summed E-state index contributed by atoms with van der Waals surface area (Å²) in [5.74, 6) is -1.54. The van der Waals surface area contributed by atoms with Crippen LogP contribution in [0.5, 0.6) is 0 Å². The lowest BCUT2D eigenvalue weighted by Crippen LogP contribution is -2.12. The predicted molar refractivity (Wildman–Crippen MR) is 83.8 cm³/mol. The van der Waals surface area contributed by atoms with E-state index in [-0.39, 0.29) is 40.1 Å². The van der Waals surface area contributed by atoms with Crippen LogP contribution in [-0.2, 0) is 9.53 Å². The maximum atomic E-state index is 13.5. The van der Waals surface area contributed by atoms with Crippen molar-refractivity contribution in [3.8, 4) is 0 Å². The third-order valence-electron chi connectivity index (χ3n) is 3.29. The average Bonchev–Trinajstić information content (AvgIpc) is 3.29. The summed E-state index contributed by atoms with van der Waals surface area (Å²) < 4.78 is 18.4. The second kappa shape index (κ2) is 6.92. The van der Waals surface area contributed by atoms with Gasteiger partial charge in [-0.2, -0.15) is 0 Å². The van der Waals surface area contributed by atoms with E-state index in [0.717, 1.165) is 12.8 Å². The molecule has 0 unspecified atom stereocenters. The highest BCUT2D eigenvalue weighted by Gasteiger charge is 2.23. The Morgan fingerprint density at radius 2 is 2.23 bits per heavy atom. The van der Waals surface area contributed by atoms with Crippen molar-refractivity contribution < 1.29 is 19.0 Å². The summed E-state index contributed by atoms with van der Waals surface area (Å²) in [5, 5.41) is 10.4. The third-order valence-corrected chi connectivity index (χ3v) is 3.77. The quantitative estimate of drug-likeness (QED) is 0.387. The summed E-state index contributed by atoms with van der Waals surface area (Å²) in [6.07, 6.45) is 3.23. The third kappa shape index (κ3) is 3.65. The van der Waals surface area contributed by atoms with E-state index in [1.165, 1.54) is 25.3 Å². The molecule has 118 valence electrons. The minimum absolute atomic E-state index is 0.0547. The van der Waals surface area contributed by atoms with Crippen molar-refractivity contribution in [3.05, 3.63) is 39.7 Å². The van der Waals surface area contributed by atoms with Gasteiger partial charge in [-0.3, -0.25) is 4.99 Å². The number of aliphatic hydroxyl groups excluding tert-OH is 1. The number of aliphatic imine (C=N–C) groups is 1. The first-order valence-corrected chi connectivity index (χ1v) is 7.42. The molecular formula is C16H17ClFNO3. The van der Waals surface area contributed by atoms with Crippen LogP contribution in [0.3, 0.4) is 0 Å². The molecule has 22 heavy (non-hydrogen) atoms. The van der Waals surface area contributed by atoms with E-state index in [1.807, 2.05) is 0 Å². The Kier molecular flexibility index (Phi) is 5.19. The number of rotatable bonds is 5. The van der Waals surface area contributed by atoms with Crippen molar-refractivity contribution in [2.75, 3.05) is 6.61 Å². The standard InChI is InChI=1S/C16H17ClFNO3/c1-3-22-16(21)12(8-19-10-4-5-10)15(20)11-6-7-13(18)9(2)14(11)17/h6-8,10,20H,3-5H2,1-2H3/b15-12+,19-8?. The normalized spacial score (nSPS) is 15.8. The molecule has 1 N–H and O–H groups in total. The fraction of sp³-hybridized carbons (Fsp3) is 0.375. The molecule has 4 nitrogen and oxygen atoms in total. The number of benzene rings is 1. The fourth-order valence-corrected chi connectivity index (χ4v) is 2.06. The number of halogens is 2. The number of nitrogens with zero attached hydrogens (tertiary/aromatic N) is 1. The Labute approximate surface area is 133 Å². The number of hydrogen-bond donors (Lipinski definition) is 1. The van der Waals surface area contributed by atoms with Gasteiger partial charge in [0.15, 0.2) is 0 Å². The zero-order chi connectivity index (χ0) is 16.3. The van der Waals surface area contributed by atoms with Gasteiger partial charge in [0.25, 0.3) is 0 Å². The van der Waals surface area contributed by atoms with E-state index in [0.29, 0.717) is 0 Å². The number of esters is 1. The topological polar surface area (TPSA) is 58.9 Å². The average molecular weight is 326 g/mol. The van der Waals surface area contributed by atoms with Crippen molar-refractivity contribution in [1.29, 1.82) is 0 Å². The summed E-state index contributed by atoms with van der Waals surface area (Å²) in [6.45, 7) is 3.33. The maximum absolute atomic E-state index is 13.5. The van der Waals surface area contributed by atoms with E-state index in [1.54, 1.807) is 6.92 Å². The molecule has 0 bridgehead atoms. The number of carbonyl (C=O) groups excluding carboxylic acids is 1. The highest BCUT2D eigenvalue weighted by Crippen LogP contribution is 2.30. The van der Waals surface area contributed by atoms with Crippen LogP contribution >= 0.6 is 11.6 Å². The van der Waals surface area contributed by atoms with Gasteiger partial charge < -0.3 is 9.84 Å². The lowest BCUT2D eigenvalue weighted by molar-refractivity contribution is -0.137. The van der Waals surface area contributed by atoms with Gasteiger partial charge in [0, 0.05) is 17.3 Å². The largest absolute Gasteiger partial charge is 0.506 e. The molecule has 1 aromatic rings. The van der Waals surface area contributed by atoms with Gasteiger partial charge in [0.05, 0.1) is 17.7 Å². The Bertz CT molecular complexity index is 651. The fourth-order valence-electron chi connectivity index (χ4n) is 1.81. The van der Waals surface area contributed by atoms with Gasteiger partial charge in [-0.05, 0) is 38.8 Å². The van der Waals surface area contributed by atoms with Crippen molar-refractivity contribution >= 4 is 29.5 Å². The summed E-state index contributed by atoms with van der Waals surface area (Å²) in [5.41, 5.74) is 0.292. The van der Waals surface area contributed by atoms with Gasteiger partial charge in [0.1, 0.15) is 17.1 Å². The van der Waals surface area contributed by atoms with Crippen molar-refractivity contribution in [2.24, 2.45) is 4.99 Å². The monoisotopic (exact) mass is 325 g/mol. The van der Waals surface area contributed by atoms with Crippen molar-refractivity contribution in [1.82, 2.24) is 0 Å². The number of aliphatic hydroxyl groups is 1. The van der Waals surface area contributed by atoms with E-state index in [2.05, 4.69) is 4.99 Å². The predicted octanol–water partition coefficient (Wildman–Crippen LogP) is 3.85. The molecule has 1 saturated carbocycles. The highest BCUT2D eigenvalue weighted by atomic mass is 35.5. The van der Waals surface area contributed by atoms with Gasteiger partial charge in [-0.25, -0.2) is 9.18 Å². The highest BCUT2D eigenvalue weighted by molar-refractivity contribution is 6.33. The van der Waals surface area contributed by atoms with Crippen LogP contribution in [0, 0.1) is 12.7 Å². The first-order chi connectivity index (χ1) is 10.5. The molecule has 0 atom stereocenters. The molecule has 1 aromatic carbocycles. The zero-order valence-electron chi connectivity index (χ0n) is 12.4. The molecule has 0 radical (unpaired) electrons. The lowest BCUT2D eigenvalue weighted by atomic mass is 10.1. The second-order valence-corrected chi connectivity index (χ2v) is 5.40. The first kappa shape index (κ1) is 16.5. The van der Waals surface area contributed by atoms with Gasteiger partial charge in [-0.1, -0.05) is 11.6 Å². The van der Waals surface area contributed by atoms with Crippen LogP contribution < -0.4 is 0 Å². The van der Waals surface area contributed by atoms with E-state index < -0.39 is 11.8 Å². The van der Waals surface area contributed by atoms with E-state index in [9.17, 15) is 14.3 Å². The molecule has 0 amide bonds. The van der Waals surface area contributed by atoms with Crippen LogP contribution in [0.15, 0.2) is 22.7 Å². The molecule has 0 heterocycles. The number of hydrogen-bond acceptors (Lipinski definition) is 4. The molecule has 0 aliphatic heterocycles. The molecule has 0 aromatic heterocycles. The van der Waals surface area contributed by atoms with Crippen molar-refractivity contribution in [3.63, 3.8) is 0 Å².